The van der Waals surface area contributed by atoms with E-state index in [-0.39, 0.29) is 12.2 Å². The van der Waals surface area contributed by atoms with E-state index < -0.39 is 17.8 Å². The highest BCUT2D eigenvalue weighted by atomic mass is 19.4. The summed E-state index contributed by atoms with van der Waals surface area (Å²) in [6, 6.07) is 1.96. The van der Waals surface area contributed by atoms with Gasteiger partial charge in [0, 0.05) is 13.0 Å². The minimum atomic E-state index is -4.51. The molecule has 0 atom stereocenters. The number of carboxylic acid groups (broad SMARTS) is 1. The summed E-state index contributed by atoms with van der Waals surface area (Å²) in [5.74, 6) is -0.742. The zero-order chi connectivity index (χ0) is 12.9. The lowest BCUT2D eigenvalue weighted by molar-refractivity contribution is -0.141. The SMILES string of the molecule is O=C(O)CCCNc1ccc(C(F)(F)F)nn1. The van der Waals surface area contributed by atoms with Gasteiger partial charge < -0.3 is 10.4 Å². The van der Waals surface area contributed by atoms with Crippen LogP contribution in [0.1, 0.15) is 18.5 Å². The maximum atomic E-state index is 12.1. The number of nitrogens with one attached hydrogen (secondary N) is 1. The number of hydrogen-bond donors (Lipinski definition) is 2. The highest BCUT2D eigenvalue weighted by molar-refractivity contribution is 5.66. The average molecular weight is 249 g/mol. The third kappa shape index (κ3) is 4.66. The number of alkyl halides is 3. The van der Waals surface area contributed by atoms with E-state index in [2.05, 4.69) is 15.5 Å². The van der Waals surface area contributed by atoms with Crippen LogP contribution in [0.15, 0.2) is 12.1 Å². The Bertz CT molecular complexity index is 378. The molecule has 0 bridgehead atoms. The van der Waals surface area contributed by atoms with Gasteiger partial charge in [-0.25, -0.2) is 0 Å². The predicted molar refractivity (Wildman–Crippen MR) is 52.4 cm³/mol. The normalized spacial score (nSPS) is 11.2. The van der Waals surface area contributed by atoms with E-state index in [4.69, 9.17) is 5.11 Å². The number of aliphatic carboxylic acids is 1. The quantitative estimate of drug-likeness (QED) is 0.778. The smallest absolute Gasteiger partial charge is 0.435 e. The van der Waals surface area contributed by atoms with Crippen molar-refractivity contribution in [3.8, 4) is 0 Å². The molecule has 94 valence electrons. The summed E-state index contributed by atoms with van der Waals surface area (Å²) in [6.07, 6.45) is -4.16. The third-order valence-electron chi connectivity index (χ3n) is 1.83. The summed E-state index contributed by atoms with van der Waals surface area (Å²) in [5.41, 5.74) is -1.06. The van der Waals surface area contributed by atoms with Crippen LogP contribution in [0.25, 0.3) is 0 Å². The molecule has 1 aromatic rings. The molecule has 1 heterocycles. The van der Waals surface area contributed by atoms with Crippen molar-refractivity contribution in [3.05, 3.63) is 17.8 Å². The molecule has 0 amide bonds. The molecule has 5 nitrogen and oxygen atoms in total. The zero-order valence-corrected chi connectivity index (χ0v) is 8.66. The lowest BCUT2D eigenvalue weighted by Gasteiger charge is -2.06. The van der Waals surface area contributed by atoms with E-state index in [1.54, 1.807) is 0 Å². The molecule has 8 heteroatoms. The van der Waals surface area contributed by atoms with Crippen LogP contribution in [0.2, 0.25) is 0 Å². The van der Waals surface area contributed by atoms with Gasteiger partial charge in [0.1, 0.15) is 5.82 Å². The van der Waals surface area contributed by atoms with Crippen molar-refractivity contribution in [2.24, 2.45) is 0 Å². The summed E-state index contributed by atoms with van der Waals surface area (Å²) in [7, 11) is 0. The highest BCUT2D eigenvalue weighted by Crippen LogP contribution is 2.26. The maximum Gasteiger partial charge on any atom is 0.435 e. The molecule has 0 radical (unpaired) electrons. The number of hydrogen-bond acceptors (Lipinski definition) is 4. The van der Waals surface area contributed by atoms with Crippen LogP contribution in [-0.2, 0) is 11.0 Å². The molecule has 0 saturated heterocycles. The monoisotopic (exact) mass is 249 g/mol. The van der Waals surface area contributed by atoms with Crippen molar-refractivity contribution in [2.45, 2.75) is 19.0 Å². The highest BCUT2D eigenvalue weighted by Gasteiger charge is 2.32. The fraction of sp³-hybridized carbons (Fsp3) is 0.444. The standard InChI is InChI=1S/C9H10F3N3O2/c10-9(11,12)6-3-4-7(15-14-6)13-5-1-2-8(16)17/h3-4H,1-2,5H2,(H,13,15)(H,16,17). The molecule has 1 rings (SSSR count). The summed E-state index contributed by atoms with van der Waals surface area (Å²) >= 11 is 0. The Morgan fingerprint density at radius 3 is 2.53 bits per heavy atom. The van der Waals surface area contributed by atoms with Crippen molar-refractivity contribution in [1.82, 2.24) is 10.2 Å². The maximum absolute atomic E-state index is 12.1. The first kappa shape index (κ1) is 13.2. The first-order valence-electron chi connectivity index (χ1n) is 4.76. The van der Waals surface area contributed by atoms with E-state index >= 15 is 0 Å². The number of carbonyl (C=O) groups is 1. The van der Waals surface area contributed by atoms with Gasteiger partial charge in [-0.2, -0.15) is 13.2 Å². The summed E-state index contributed by atoms with van der Waals surface area (Å²) in [5, 5.41) is 17.4. The van der Waals surface area contributed by atoms with Crippen LogP contribution in [0, 0.1) is 0 Å². The fourth-order valence-corrected chi connectivity index (χ4v) is 1.03. The van der Waals surface area contributed by atoms with Gasteiger partial charge >= 0.3 is 12.1 Å². The van der Waals surface area contributed by atoms with Gasteiger partial charge in [-0.15, -0.1) is 10.2 Å². The van der Waals surface area contributed by atoms with Crippen molar-refractivity contribution >= 4 is 11.8 Å². The second kappa shape index (κ2) is 5.46. The van der Waals surface area contributed by atoms with Crippen molar-refractivity contribution in [3.63, 3.8) is 0 Å². The number of rotatable bonds is 5. The molecule has 17 heavy (non-hydrogen) atoms. The average Bonchev–Trinajstić information content (AvgIpc) is 2.23. The fourth-order valence-electron chi connectivity index (χ4n) is 1.03. The molecule has 0 aliphatic carbocycles. The minimum Gasteiger partial charge on any atom is -0.481 e. The minimum absolute atomic E-state index is 0.0128. The Morgan fingerprint density at radius 2 is 2.06 bits per heavy atom. The molecule has 0 aliphatic heterocycles. The molecule has 1 aromatic heterocycles. The van der Waals surface area contributed by atoms with E-state index in [1.807, 2.05) is 0 Å². The Morgan fingerprint density at radius 1 is 1.35 bits per heavy atom. The van der Waals surface area contributed by atoms with Gasteiger partial charge in [0.25, 0.3) is 0 Å². The van der Waals surface area contributed by atoms with Crippen LogP contribution in [0.5, 0.6) is 0 Å². The van der Waals surface area contributed by atoms with E-state index in [0.29, 0.717) is 13.0 Å². The molecule has 2 N–H and O–H groups in total. The molecule has 0 saturated carbocycles. The van der Waals surface area contributed by atoms with Crippen molar-refractivity contribution in [1.29, 1.82) is 0 Å². The molecule has 0 spiro atoms. The van der Waals surface area contributed by atoms with Gasteiger partial charge in [0.15, 0.2) is 5.69 Å². The van der Waals surface area contributed by atoms with Crippen LogP contribution >= 0.6 is 0 Å². The topological polar surface area (TPSA) is 75.1 Å². The molecule has 0 fully saturated rings. The lowest BCUT2D eigenvalue weighted by Crippen LogP contribution is -2.11. The zero-order valence-electron chi connectivity index (χ0n) is 8.66. The predicted octanol–water partition coefficient (Wildman–Crippen LogP) is 1.77. The lowest BCUT2D eigenvalue weighted by atomic mass is 10.3. The summed E-state index contributed by atoms with van der Waals surface area (Å²) in [6.45, 7) is 0.312. The molecule has 0 aromatic carbocycles. The van der Waals surface area contributed by atoms with Gasteiger partial charge in [-0.3, -0.25) is 4.79 Å². The van der Waals surface area contributed by atoms with Crippen molar-refractivity contribution < 1.29 is 23.1 Å². The Labute approximate surface area is 94.7 Å². The van der Waals surface area contributed by atoms with Gasteiger partial charge in [-0.05, 0) is 18.6 Å². The number of anilines is 1. The largest absolute Gasteiger partial charge is 0.481 e. The van der Waals surface area contributed by atoms with Crippen LogP contribution in [-0.4, -0.2) is 27.8 Å². The van der Waals surface area contributed by atoms with Crippen LogP contribution in [0.4, 0.5) is 19.0 Å². The van der Waals surface area contributed by atoms with E-state index in [0.717, 1.165) is 12.1 Å². The van der Waals surface area contributed by atoms with Gasteiger partial charge in [0.05, 0.1) is 0 Å². The van der Waals surface area contributed by atoms with Crippen molar-refractivity contribution in [2.75, 3.05) is 11.9 Å². The van der Waals surface area contributed by atoms with Crippen LogP contribution in [0.3, 0.4) is 0 Å². The number of aromatic nitrogens is 2. The Balaban J connectivity index is 2.43. The Hall–Kier alpha value is -1.86. The first-order valence-corrected chi connectivity index (χ1v) is 4.76. The second-order valence-electron chi connectivity index (χ2n) is 3.23. The Kier molecular flexibility index (Phi) is 4.24. The van der Waals surface area contributed by atoms with Gasteiger partial charge in [-0.1, -0.05) is 0 Å². The van der Waals surface area contributed by atoms with Crippen LogP contribution < -0.4 is 5.32 Å². The van der Waals surface area contributed by atoms with E-state index in [9.17, 15) is 18.0 Å². The number of nitrogens with zero attached hydrogens (tertiary/aromatic N) is 2. The first-order chi connectivity index (χ1) is 7.89. The van der Waals surface area contributed by atoms with E-state index in [1.165, 1.54) is 0 Å². The second-order valence-corrected chi connectivity index (χ2v) is 3.23. The number of carboxylic acids is 1. The molecule has 0 unspecified atom stereocenters. The molecular weight excluding hydrogens is 239 g/mol. The molecule has 0 aliphatic rings. The number of halogens is 3. The summed E-state index contributed by atoms with van der Waals surface area (Å²) in [4.78, 5) is 10.2. The summed E-state index contributed by atoms with van der Waals surface area (Å²) < 4.78 is 36.4. The molecular formula is C9H10F3N3O2. The third-order valence-corrected chi connectivity index (χ3v) is 1.83. The van der Waals surface area contributed by atoms with Gasteiger partial charge in [0.2, 0.25) is 0 Å².